The number of methoxy groups -OCH3 is 1. The number of hydrogen-bond donors (Lipinski definition) is 2. The molecule has 0 saturated carbocycles. The van der Waals surface area contributed by atoms with E-state index in [0.29, 0.717) is 5.69 Å². The Balaban J connectivity index is 1.95. The van der Waals surface area contributed by atoms with Crippen molar-refractivity contribution in [2.24, 2.45) is 0 Å². The zero-order valence-electron chi connectivity index (χ0n) is 12.9. The molecule has 7 nitrogen and oxygen atoms in total. The Kier molecular flexibility index (Phi) is 5.51. The third-order valence-electron chi connectivity index (χ3n) is 3.09. The molecule has 0 aliphatic heterocycles. The standard InChI is InChI=1S/C17H16N2O5/c1-23-17(22)13-4-2-3-5-14(13)19-15(20)10-24-16(21)11-6-8-12(18)9-7-11/h2-9H,10,18H2,1H3,(H,19,20). The minimum absolute atomic E-state index is 0.207. The van der Waals surface area contributed by atoms with Gasteiger partial charge >= 0.3 is 11.9 Å². The third-order valence-corrected chi connectivity index (χ3v) is 3.09. The van der Waals surface area contributed by atoms with Gasteiger partial charge in [0.1, 0.15) is 0 Å². The van der Waals surface area contributed by atoms with Gasteiger partial charge in [0.15, 0.2) is 6.61 Å². The predicted molar refractivity (Wildman–Crippen MR) is 87.5 cm³/mol. The van der Waals surface area contributed by atoms with E-state index in [1.807, 2.05) is 0 Å². The molecular weight excluding hydrogens is 312 g/mol. The fourth-order valence-corrected chi connectivity index (χ4v) is 1.90. The van der Waals surface area contributed by atoms with E-state index < -0.39 is 24.5 Å². The van der Waals surface area contributed by atoms with Gasteiger partial charge in [0.05, 0.1) is 23.9 Å². The lowest BCUT2D eigenvalue weighted by atomic mass is 10.2. The van der Waals surface area contributed by atoms with Gasteiger partial charge in [-0.2, -0.15) is 0 Å². The number of amides is 1. The summed E-state index contributed by atoms with van der Waals surface area (Å²) in [6.07, 6.45) is 0. The topological polar surface area (TPSA) is 108 Å². The first-order valence-electron chi connectivity index (χ1n) is 7.01. The van der Waals surface area contributed by atoms with Gasteiger partial charge in [0.2, 0.25) is 0 Å². The molecule has 7 heteroatoms. The number of benzene rings is 2. The molecule has 0 spiro atoms. The van der Waals surface area contributed by atoms with Crippen molar-refractivity contribution in [2.45, 2.75) is 0 Å². The third kappa shape index (κ3) is 4.33. The van der Waals surface area contributed by atoms with Crippen molar-refractivity contribution in [1.29, 1.82) is 0 Å². The lowest BCUT2D eigenvalue weighted by molar-refractivity contribution is -0.119. The molecule has 0 heterocycles. The fourth-order valence-electron chi connectivity index (χ4n) is 1.90. The number of para-hydroxylation sites is 1. The van der Waals surface area contributed by atoms with E-state index in [4.69, 9.17) is 10.5 Å². The van der Waals surface area contributed by atoms with Crippen molar-refractivity contribution < 1.29 is 23.9 Å². The fraction of sp³-hybridized carbons (Fsp3) is 0.118. The molecule has 0 aliphatic carbocycles. The van der Waals surface area contributed by atoms with Gasteiger partial charge in [-0.25, -0.2) is 9.59 Å². The number of esters is 2. The number of nitrogens with two attached hydrogens (primary N) is 1. The average Bonchev–Trinajstić information content (AvgIpc) is 2.60. The zero-order valence-corrected chi connectivity index (χ0v) is 12.9. The maximum Gasteiger partial charge on any atom is 0.339 e. The Morgan fingerprint density at radius 3 is 2.33 bits per heavy atom. The van der Waals surface area contributed by atoms with Crippen LogP contribution in [0.2, 0.25) is 0 Å². The molecule has 0 bridgehead atoms. The predicted octanol–water partition coefficient (Wildman–Crippen LogP) is 1.85. The smallest absolute Gasteiger partial charge is 0.339 e. The van der Waals surface area contributed by atoms with E-state index in [1.165, 1.54) is 25.3 Å². The van der Waals surface area contributed by atoms with Crippen LogP contribution < -0.4 is 11.1 Å². The Labute approximate surface area is 138 Å². The van der Waals surface area contributed by atoms with Gasteiger partial charge in [-0.05, 0) is 36.4 Å². The van der Waals surface area contributed by atoms with E-state index in [0.717, 1.165) is 0 Å². The Hall–Kier alpha value is -3.35. The van der Waals surface area contributed by atoms with Crippen LogP contribution in [-0.4, -0.2) is 31.6 Å². The van der Waals surface area contributed by atoms with Crippen molar-refractivity contribution in [2.75, 3.05) is 24.8 Å². The number of carbonyl (C=O) groups excluding carboxylic acids is 3. The number of nitrogen functional groups attached to an aromatic ring is 1. The highest BCUT2D eigenvalue weighted by atomic mass is 16.5. The van der Waals surface area contributed by atoms with Crippen molar-refractivity contribution in [3.63, 3.8) is 0 Å². The molecule has 0 aliphatic rings. The van der Waals surface area contributed by atoms with Crippen LogP contribution in [0.5, 0.6) is 0 Å². The lowest BCUT2D eigenvalue weighted by Crippen LogP contribution is -2.22. The summed E-state index contributed by atoms with van der Waals surface area (Å²) in [5.41, 5.74) is 6.82. The van der Waals surface area contributed by atoms with Crippen LogP contribution in [0.1, 0.15) is 20.7 Å². The molecule has 0 radical (unpaired) electrons. The molecule has 0 saturated heterocycles. The Morgan fingerprint density at radius 2 is 1.67 bits per heavy atom. The zero-order chi connectivity index (χ0) is 17.5. The molecule has 3 N–H and O–H groups in total. The molecule has 0 fully saturated rings. The van der Waals surface area contributed by atoms with E-state index in [2.05, 4.69) is 10.1 Å². The second-order valence-corrected chi connectivity index (χ2v) is 4.78. The summed E-state index contributed by atoms with van der Waals surface area (Å²) in [6.45, 7) is -0.487. The lowest BCUT2D eigenvalue weighted by Gasteiger charge is -2.10. The number of nitrogens with one attached hydrogen (secondary N) is 1. The molecule has 2 rings (SSSR count). The number of rotatable bonds is 5. The summed E-state index contributed by atoms with van der Waals surface area (Å²) in [6, 6.07) is 12.5. The number of hydrogen-bond acceptors (Lipinski definition) is 6. The molecule has 2 aromatic carbocycles. The van der Waals surface area contributed by atoms with E-state index in [-0.39, 0.29) is 16.8 Å². The van der Waals surface area contributed by atoms with Crippen LogP contribution in [0, 0.1) is 0 Å². The summed E-state index contributed by atoms with van der Waals surface area (Å²) < 4.78 is 9.56. The van der Waals surface area contributed by atoms with Crippen LogP contribution in [0.3, 0.4) is 0 Å². The summed E-state index contributed by atoms with van der Waals surface area (Å²) in [5.74, 6) is -1.80. The number of ether oxygens (including phenoxy) is 2. The quantitative estimate of drug-likeness (QED) is 0.640. The minimum Gasteiger partial charge on any atom is -0.465 e. The van der Waals surface area contributed by atoms with Gasteiger partial charge < -0.3 is 20.5 Å². The molecule has 0 atom stereocenters. The highest BCUT2D eigenvalue weighted by molar-refractivity contribution is 6.02. The number of anilines is 2. The van der Waals surface area contributed by atoms with Gasteiger partial charge in [0.25, 0.3) is 5.91 Å². The largest absolute Gasteiger partial charge is 0.465 e. The first-order chi connectivity index (χ1) is 11.5. The Morgan fingerprint density at radius 1 is 1.00 bits per heavy atom. The molecule has 0 aromatic heterocycles. The summed E-state index contributed by atoms with van der Waals surface area (Å²) >= 11 is 0. The monoisotopic (exact) mass is 328 g/mol. The highest BCUT2D eigenvalue weighted by Crippen LogP contribution is 2.16. The van der Waals surface area contributed by atoms with E-state index in [9.17, 15) is 14.4 Å². The van der Waals surface area contributed by atoms with Crippen molar-refractivity contribution in [3.8, 4) is 0 Å². The normalized spacial score (nSPS) is 9.88. The number of carbonyl (C=O) groups is 3. The van der Waals surface area contributed by atoms with Crippen molar-refractivity contribution in [1.82, 2.24) is 0 Å². The molecule has 124 valence electrons. The van der Waals surface area contributed by atoms with E-state index >= 15 is 0 Å². The van der Waals surface area contributed by atoms with E-state index in [1.54, 1.807) is 30.3 Å². The van der Waals surface area contributed by atoms with Crippen LogP contribution in [-0.2, 0) is 14.3 Å². The second-order valence-electron chi connectivity index (χ2n) is 4.78. The van der Waals surface area contributed by atoms with Gasteiger partial charge in [-0.3, -0.25) is 4.79 Å². The molecular formula is C17H16N2O5. The molecule has 24 heavy (non-hydrogen) atoms. The second kappa shape index (κ2) is 7.77. The molecule has 2 aromatic rings. The molecule has 0 unspecified atom stereocenters. The maximum atomic E-state index is 11.9. The van der Waals surface area contributed by atoms with Gasteiger partial charge in [-0.15, -0.1) is 0 Å². The van der Waals surface area contributed by atoms with Crippen molar-refractivity contribution >= 4 is 29.2 Å². The maximum absolute atomic E-state index is 11.9. The average molecular weight is 328 g/mol. The SMILES string of the molecule is COC(=O)c1ccccc1NC(=O)COC(=O)c1ccc(N)cc1. The van der Waals surface area contributed by atoms with Crippen LogP contribution in [0.15, 0.2) is 48.5 Å². The van der Waals surface area contributed by atoms with Gasteiger partial charge in [0, 0.05) is 5.69 Å². The van der Waals surface area contributed by atoms with Crippen LogP contribution in [0.25, 0.3) is 0 Å². The first kappa shape index (κ1) is 17.0. The van der Waals surface area contributed by atoms with Gasteiger partial charge in [-0.1, -0.05) is 12.1 Å². The molecule has 1 amide bonds. The Bertz CT molecular complexity index is 756. The summed E-state index contributed by atoms with van der Waals surface area (Å²) in [5, 5.41) is 2.50. The summed E-state index contributed by atoms with van der Waals surface area (Å²) in [7, 11) is 1.25. The highest BCUT2D eigenvalue weighted by Gasteiger charge is 2.15. The minimum atomic E-state index is -0.647. The van der Waals surface area contributed by atoms with Crippen molar-refractivity contribution in [3.05, 3.63) is 59.7 Å². The first-order valence-corrected chi connectivity index (χ1v) is 7.01. The summed E-state index contributed by atoms with van der Waals surface area (Å²) in [4.78, 5) is 35.3. The van der Waals surface area contributed by atoms with Crippen LogP contribution in [0.4, 0.5) is 11.4 Å². The van der Waals surface area contributed by atoms with Crippen LogP contribution >= 0.6 is 0 Å².